The number of rotatable bonds is 3. The van der Waals surface area contributed by atoms with E-state index in [1.165, 1.54) is 29.0 Å². The van der Waals surface area contributed by atoms with Gasteiger partial charge >= 0.3 is 0 Å². The molecule has 0 saturated carbocycles. The van der Waals surface area contributed by atoms with Crippen LogP contribution in [-0.2, 0) is 23.3 Å². The molecule has 0 unspecified atom stereocenters. The summed E-state index contributed by atoms with van der Waals surface area (Å²) >= 11 is 1.42. The van der Waals surface area contributed by atoms with Crippen molar-refractivity contribution in [3.8, 4) is 0 Å². The Kier molecular flexibility index (Phi) is 4.62. The summed E-state index contributed by atoms with van der Waals surface area (Å²) in [5, 5.41) is 0. The number of nitrogens with zero attached hydrogens (tertiary/aromatic N) is 2. The van der Waals surface area contributed by atoms with Gasteiger partial charge in [0.05, 0.1) is 20.7 Å². The van der Waals surface area contributed by atoms with Crippen molar-refractivity contribution in [1.29, 1.82) is 0 Å². The molecule has 5 nitrogen and oxygen atoms in total. The Morgan fingerprint density at radius 1 is 1.16 bits per heavy atom. The highest BCUT2D eigenvalue weighted by atomic mass is 32.2. The van der Waals surface area contributed by atoms with Crippen LogP contribution in [-0.4, -0.2) is 25.1 Å². The van der Waals surface area contributed by atoms with Crippen molar-refractivity contribution in [3.63, 3.8) is 0 Å². The summed E-state index contributed by atoms with van der Waals surface area (Å²) in [6.07, 6.45) is 1.97. The highest BCUT2D eigenvalue weighted by Crippen LogP contribution is 2.21. The number of aromatic nitrogens is 1. The standard InChI is InChI=1S/C18H18N2O3S2/c1-4-12-8-7-10-14-16(12)20(2)18(24-14)19-17(21)13-9-5-6-11-15(13)25(3,22)23/h5-11H,4H2,1-3H3. The van der Waals surface area contributed by atoms with Crippen molar-refractivity contribution < 1.29 is 13.2 Å². The van der Waals surface area contributed by atoms with Gasteiger partial charge in [-0.15, -0.1) is 0 Å². The van der Waals surface area contributed by atoms with Crippen molar-refractivity contribution in [2.75, 3.05) is 6.26 Å². The van der Waals surface area contributed by atoms with E-state index in [1.54, 1.807) is 12.1 Å². The van der Waals surface area contributed by atoms with Crippen molar-refractivity contribution in [1.82, 2.24) is 4.57 Å². The molecule has 0 atom stereocenters. The largest absolute Gasteiger partial charge is 0.319 e. The van der Waals surface area contributed by atoms with Crippen LogP contribution in [0.5, 0.6) is 0 Å². The molecule has 0 bridgehead atoms. The van der Waals surface area contributed by atoms with E-state index in [0.29, 0.717) is 4.80 Å². The van der Waals surface area contributed by atoms with E-state index in [2.05, 4.69) is 18.0 Å². The molecular formula is C18H18N2O3S2. The summed E-state index contributed by atoms with van der Waals surface area (Å²) in [7, 11) is -1.63. The number of para-hydroxylation sites is 1. The first-order valence-corrected chi connectivity index (χ1v) is 10.5. The lowest BCUT2D eigenvalue weighted by molar-refractivity contribution is 0.0995. The fourth-order valence-corrected chi connectivity index (χ4v) is 4.74. The van der Waals surface area contributed by atoms with Crippen LogP contribution < -0.4 is 4.80 Å². The molecule has 1 amide bonds. The van der Waals surface area contributed by atoms with E-state index >= 15 is 0 Å². The lowest BCUT2D eigenvalue weighted by Crippen LogP contribution is -2.15. The smallest absolute Gasteiger partial charge is 0.280 e. The number of carbonyl (C=O) groups excluding carboxylic acids is 1. The van der Waals surface area contributed by atoms with Gasteiger partial charge < -0.3 is 4.57 Å². The van der Waals surface area contributed by atoms with Crippen LogP contribution in [0.2, 0.25) is 0 Å². The van der Waals surface area contributed by atoms with Gasteiger partial charge in [0.2, 0.25) is 0 Å². The molecule has 0 aliphatic heterocycles. The zero-order valence-electron chi connectivity index (χ0n) is 14.2. The molecule has 3 rings (SSSR count). The molecule has 0 aliphatic carbocycles. The number of aryl methyl sites for hydroxylation is 2. The number of hydrogen-bond acceptors (Lipinski definition) is 4. The first kappa shape index (κ1) is 17.6. The van der Waals surface area contributed by atoms with Crippen LogP contribution in [0.25, 0.3) is 10.2 Å². The van der Waals surface area contributed by atoms with Gasteiger partial charge in [-0.05, 0) is 30.2 Å². The average Bonchev–Trinajstić information content (AvgIpc) is 2.90. The Bertz CT molecular complexity index is 1140. The number of thiazole rings is 1. The number of carbonyl (C=O) groups is 1. The van der Waals surface area contributed by atoms with E-state index in [-0.39, 0.29) is 10.5 Å². The van der Waals surface area contributed by atoms with E-state index in [1.807, 2.05) is 23.7 Å². The quantitative estimate of drug-likeness (QED) is 0.708. The lowest BCUT2D eigenvalue weighted by atomic mass is 10.1. The second-order valence-electron chi connectivity index (χ2n) is 5.75. The van der Waals surface area contributed by atoms with Crippen LogP contribution in [0.15, 0.2) is 52.4 Å². The number of sulfone groups is 1. The van der Waals surface area contributed by atoms with Gasteiger partial charge in [-0.25, -0.2) is 8.42 Å². The highest BCUT2D eigenvalue weighted by Gasteiger charge is 2.18. The lowest BCUT2D eigenvalue weighted by Gasteiger charge is -2.04. The molecule has 0 N–H and O–H groups in total. The monoisotopic (exact) mass is 374 g/mol. The summed E-state index contributed by atoms with van der Waals surface area (Å²) in [4.78, 5) is 17.4. The van der Waals surface area contributed by atoms with Crippen LogP contribution in [0.3, 0.4) is 0 Å². The van der Waals surface area contributed by atoms with Crippen molar-refractivity contribution in [3.05, 3.63) is 58.4 Å². The summed E-state index contributed by atoms with van der Waals surface area (Å²) in [5.41, 5.74) is 2.33. The third kappa shape index (κ3) is 3.29. The Hall–Kier alpha value is -2.25. The molecule has 0 spiro atoms. The molecule has 0 aliphatic rings. The molecule has 0 saturated heterocycles. The number of amides is 1. The summed E-state index contributed by atoms with van der Waals surface area (Å²) in [6.45, 7) is 2.08. The maximum absolute atomic E-state index is 12.6. The molecule has 0 radical (unpaired) electrons. The third-order valence-electron chi connectivity index (χ3n) is 4.00. The summed E-state index contributed by atoms with van der Waals surface area (Å²) < 4.78 is 26.7. The molecule has 130 valence electrons. The van der Waals surface area contributed by atoms with Crippen molar-refractivity contribution in [2.24, 2.45) is 12.0 Å². The van der Waals surface area contributed by atoms with E-state index < -0.39 is 15.7 Å². The van der Waals surface area contributed by atoms with E-state index in [4.69, 9.17) is 0 Å². The van der Waals surface area contributed by atoms with Gasteiger partial charge in [-0.3, -0.25) is 4.79 Å². The van der Waals surface area contributed by atoms with Crippen LogP contribution in [0.1, 0.15) is 22.8 Å². The molecule has 7 heteroatoms. The van der Waals surface area contributed by atoms with Gasteiger partial charge in [0.1, 0.15) is 0 Å². The number of hydrogen-bond donors (Lipinski definition) is 0. The highest BCUT2D eigenvalue weighted by molar-refractivity contribution is 7.90. The summed E-state index contributed by atoms with van der Waals surface area (Å²) in [6, 6.07) is 12.2. The molecule has 2 aromatic carbocycles. The molecule has 1 aromatic heterocycles. The SMILES string of the molecule is CCc1cccc2sc(=NC(=O)c3ccccc3S(C)(=O)=O)n(C)c12. The Morgan fingerprint density at radius 2 is 1.88 bits per heavy atom. The van der Waals surface area contributed by atoms with Crippen LogP contribution >= 0.6 is 11.3 Å². The van der Waals surface area contributed by atoms with Gasteiger partial charge in [0.15, 0.2) is 14.6 Å². The van der Waals surface area contributed by atoms with E-state index in [9.17, 15) is 13.2 Å². The second kappa shape index (κ2) is 6.57. The van der Waals surface area contributed by atoms with Gasteiger partial charge in [-0.1, -0.05) is 42.5 Å². The number of benzene rings is 2. The normalized spacial score (nSPS) is 12.7. The fourth-order valence-electron chi connectivity index (χ4n) is 2.79. The zero-order chi connectivity index (χ0) is 18.2. The molecule has 1 heterocycles. The van der Waals surface area contributed by atoms with Crippen molar-refractivity contribution >= 4 is 37.3 Å². The minimum absolute atomic E-state index is 0.00163. The molecular weight excluding hydrogens is 356 g/mol. The van der Waals surface area contributed by atoms with Crippen LogP contribution in [0, 0.1) is 0 Å². The van der Waals surface area contributed by atoms with Crippen LogP contribution in [0.4, 0.5) is 0 Å². The van der Waals surface area contributed by atoms with Gasteiger partial charge in [-0.2, -0.15) is 4.99 Å². The first-order chi connectivity index (χ1) is 11.8. The fraction of sp³-hybridized carbons (Fsp3) is 0.222. The average molecular weight is 374 g/mol. The minimum Gasteiger partial charge on any atom is -0.319 e. The summed E-state index contributed by atoms with van der Waals surface area (Å²) in [5.74, 6) is -0.554. The first-order valence-electron chi connectivity index (χ1n) is 7.78. The van der Waals surface area contributed by atoms with Gasteiger partial charge in [0, 0.05) is 13.3 Å². The Balaban J connectivity index is 2.19. The third-order valence-corrected chi connectivity index (χ3v) is 6.25. The molecule has 0 fully saturated rings. The molecule has 3 aromatic rings. The topological polar surface area (TPSA) is 68.5 Å². The Morgan fingerprint density at radius 3 is 2.56 bits per heavy atom. The minimum atomic E-state index is -3.50. The Labute approximate surface area is 150 Å². The second-order valence-corrected chi connectivity index (χ2v) is 8.74. The number of fused-ring (bicyclic) bond motifs is 1. The van der Waals surface area contributed by atoms with Gasteiger partial charge in [0.25, 0.3) is 5.91 Å². The van der Waals surface area contributed by atoms with Crippen molar-refractivity contribution in [2.45, 2.75) is 18.2 Å². The zero-order valence-corrected chi connectivity index (χ0v) is 15.8. The predicted molar refractivity (Wildman–Crippen MR) is 99.6 cm³/mol. The maximum atomic E-state index is 12.6. The molecule has 25 heavy (non-hydrogen) atoms. The van der Waals surface area contributed by atoms with E-state index in [0.717, 1.165) is 22.9 Å². The predicted octanol–water partition coefficient (Wildman–Crippen LogP) is 2.95. The maximum Gasteiger partial charge on any atom is 0.280 e.